The van der Waals surface area contributed by atoms with Crippen LogP contribution >= 0.6 is 11.6 Å². The molecule has 1 atom stereocenters. The second-order valence-electron chi connectivity index (χ2n) is 2.78. The van der Waals surface area contributed by atoms with Crippen molar-refractivity contribution in [2.75, 3.05) is 7.11 Å². The fourth-order valence-electron chi connectivity index (χ4n) is 1.06. The van der Waals surface area contributed by atoms with Gasteiger partial charge in [0.1, 0.15) is 0 Å². The summed E-state index contributed by atoms with van der Waals surface area (Å²) in [6, 6.07) is 1.24. The number of carbonyl (C=O) groups is 1. The van der Waals surface area contributed by atoms with Gasteiger partial charge in [-0.2, -0.15) is 0 Å². The predicted octanol–water partition coefficient (Wildman–Crippen LogP) is 1.30. The summed E-state index contributed by atoms with van der Waals surface area (Å²) < 4.78 is 4.50. The van der Waals surface area contributed by atoms with Crippen molar-refractivity contribution in [1.82, 2.24) is 4.98 Å². The molecular formula is C9H11ClN2O2. The van der Waals surface area contributed by atoms with Crippen molar-refractivity contribution in [2.24, 2.45) is 5.73 Å². The van der Waals surface area contributed by atoms with Crippen LogP contribution in [0.5, 0.6) is 0 Å². The minimum atomic E-state index is -0.446. The minimum Gasteiger partial charge on any atom is -0.469 e. The van der Waals surface area contributed by atoms with Gasteiger partial charge in [0.25, 0.3) is 0 Å². The first-order valence-electron chi connectivity index (χ1n) is 4.07. The molecule has 0 spiro atoms. The molecule has 1 aromatic rings. The average Bonchev–Trinajstić information content (AvgIpc) is 2.18. The molecule has 1 heterocycles. The highest BCUT2D eigenvalue weighted by molar-refractivity contribution is 6.31. The molecule has 4 nitrogen and oxygen atoms in total. The van der Waals surface area contributed by atoms with Crippen molar-refractivity contribution < 1.29 is 9.53 Å². The lowest BCUT2D eigenvalue weighted by Gasteiger charge is -2.11. The number of hydrogen-bond acceptors (Lipinski definition) is 4. The van der Waals surface area contributed by atoms with Gasteiger partial charge in [-0.15, -0.1) is 0 Å². The van der Waals surface area contributed by atoms with Crippen LogP contribution < -0.4 is 5.73 Å². The SMILES string of the molecule is COC(=O)C[C@@H](N)c1ccncc1Cl. The molecule has 0 saturated carbocycles. The Kier molecular flexibility index (Phi) is 3.85. The predicted molar refractivity (Wildman–Crippen MR) is 52.8 cm³/mol. The zero-order valence-corrected chi connectivity index (χ0v) is 8.49. The smallest absolute Gasteiger partial charge is 0.307 e. The number of hydrogen-bond donors (Lipinski definition) is 1. The van der Waals surface area contributed by atoms with E-state index in [2.05, 4.69) is 9.72 Å². The van der Waals surface area contributed by atoms with Gasteiger partial charge in [0.2, 0.25) is 0 Å². The lowest BCUT2D eigenvalue weighted by molar-refractivity contribution is -0.141. The van der Waals surface area contributed by atoms with Crippen molar-refractivity contribution >= 4 is 17.6 Å². The highest BCUT2D eigenvalue weighted by atomic mass is 35.5. The molecule has 0 amide bonds. The van der Waals surface area contributed by atoms with Crippen molar-refractivity contribution in [1.29, 1.82) is 0 Å². The van der Waals surface area contributed by atoms with E-state index in [0.717, 1.165) is 0 Å². The Balaban J connectivity index is 2.74. The maximum atomic E-state index is 10.9. The lowest BCUT2D eigenvalue weighted by Crippen LogP contribution is -2.16. The van der Waals surface area contributed by atoms with Crippen LogP contribution in [0.25, 0.3) is 0 Å². The van der Waals surface area contributed by atoms with E-state index < -0.39 is 6.04 Å². The van der Waals surface area contributed by atoms with Crippen LogP contribution in [0.4, 0.5) is 0 Å². The van der Waals surface area contributed by atoms with Gasteiger partial charge in [-0.25, -0.2) is 0 Å². The van der Waals surface area contributed by atoms with Gasteiger partial charge in [-0.05, 0) is 11.6 Å². The Labute approximate surface area is 87.0 Å². The first-order chi connectivity index (χ1) is 6.65. The van der Waals surface area contributed by atoms with E-state index in [0.29, 0.717) is 10.6 Å². The molecule has 5 heteroatoms. The molecule has 0 fully saturated rings. The average molecular weight is 215 g/mol. The van der Waals surface area contributed by atoms with E-state index in [-0.39, 0.29) is 12.4 Å². The van der Waals surface area contributed by atoms with Crippen LogP contribution in [0.2, 0.25) is 5.02 Å². The van der Waals surface area contributed by atoms with Crippen LogP contribution in [0.1, 0.15) is 18.0 Å². The van der Waals surface area contributed by atoms with Gasteiger partial charge in [-0.1, -0.05) is 11.6 Å². The van der Waals surface area contributed by atoms with Crippen LogP contribution in [0.15, 0.2) is 18.5 Å². The normalized spacial score (nSPS) is 12.2. The van der Waals surface area contributed by atoms with E-state index in [1.54, 1.807) is 12.3 Å². The number of esters is 1. The lowest BCUT2D eigenvalue weighted by atomic mass is 10.1. The number of rotatable bonds is 3. The Morgan fingerprint density at radius 2 is 2.50 bits per heavy atom. The van der Waals surface area contributed by atoms with Gasteiger partial charge < -0.3 is 10.5 Å². The van der Waals surface area contributed by atoms with Gasteiger partial charge in [0.05, 0.1) is 18.6 Å². The maximum absolute atomic E-state index is 10.9. The Morgan fingerprint density at radius 3 is 3.07 bits per heavy atom. The number of carbonyl (C=O) groups excluding carboxylic acids is 1. The zero-order valence-electron chi connectivity index (χ0n) is 7.74. The summed E-state index contributed by atoms with van der Waals surface area (Å²) in [6.45, 7) is 0. The van der Waals surface area contributed by atoms with E-state index in [9.17, 15) is 4.79 Å². The van der Waals surface area contributed by atoms with Crippen molar-refractivity contribution in [2.45, 2.75) is 12.5 Å². The highest BCUT2D eigenvalue weighted by Crippen LogP contribution is 2.22. The fraction of sp³-hybridized carbons (Fsp3) is 0.333. The third-order valence-electron chi connectivity index (χ3n) is 1.82. The minimum absolute atomic E-state index is 0.111. The second-order valence-corrected chi connectivity index (χ2v) is 3.19. The molecule has 2 N–H and O–H groups in total. The number of pyridine rings is 1. The second kappa shape index (κ2) is 4.93. The first kappa shape index (κ1) is 10.9. The Morgan fingerprint density at radius 1 is 1.79 bits per heavy atom. The molecule has 0 aliphatic carbocycles. The summed E-state index contributed by atoms with van der Waals surface area (Å²) in [5.41, 5.74) is 6.46. The monoisotopic (exact) mass is 214 g/mol. The molecular weight excluding hydrogens is 204 g/mol. The van der Waals surface area contributed by atoms with Crippen molar-refractivity contribution in [3.05, 3.63) is 29.0 Å². The quantitative estimate of drug-likeness (QED) is 0.771. The third kappa shape index (κ3) is 2.68. The summed E-state index contributed by atoms with van der Waals surface area (Å²) in [6.07, 6.45) is 3.19. The van der Waals surface area contributed by atoms with Crippen molar-refractivity contribution in [3.63, 3.8) is 0 Å². The van der Waals surface area contributed by atoms with Crippen LogP contribution in [-0.2, 0) is 9.53 Å². The molecule has 0 aliphatic heterocycles. The number of nitrogens with zero attached hydrogens (tertiary/aromatic N) is 1. The number of methoxy groups -OCH3 is 1. The van der Waals surface area contributed by atoms with E-state index in [1.807, 2.05) is 0 Å². The van der Waals surface area contributed by atoms with Gasteiger partial charge in [0, 0.05) is 18.4 Å². The number of nitrogens with two attached hydrogens (primary N) is 1. The summed E-state index contributed by atoms with van der Waals surface area (Å²) >= 11 is 5.85. The van der Waals surface area contributed by atoms with Crippen molar-refractivity contribution in [3.8, 4) is 0 Å². The summed E-state index contributed by atoms with van der Waals surface area (Å²) in [7, 11) is 1.32. The Bertz CT molecular complexity index is 330. The van der Waals surface area contributed by atoms with E-state index >= 15 is 0 Å². The molecule has 0 aliphatic rings. The van der Waals surface area contributed by atoms with Gasteiger partial charge >= 0.3 is 5.97 Å². The van der Waals surface area contributed by atoms with Crippen LogP contribution in [0, 0.1) is 0 Å². The van der Waals surface area contributed by atoms with Crippen LogP contribution in [0.3, 0.4) is 0 Å². The van der Waals surface area contributed by atoms with Gasteiger partial charge in [-0.3, -0.25) is 9.78 Å². The molecule has 76 valence electrons. The largest absolute Gasteiger partial charge is 0.469 e. The summed E-state index contributed by atoms with van der Waals surface area (Å²) in [4.78, 5) is 14.8. The molecule has 14 heavy (non-hydrogen) atoms. The summed E-state index contributed by atoms with van der Waals surface area (Å²) in [5, 5.41) is 0.462. The van der Waals surface area contributed by atoms with Crippen LogP contribution in [-0.4, -0.2) is 18.1 Å². The number of aromatic nitrogens is 1. The third-order valence-corrected chi connectivity index (χ3v) is 2.13. The molecule has 1 rings (SSSR count). The number of ether oxygens (including phenoxy) is 1. The molecule has 0 radical (unpaired) electrons. The summed E-state index contributed by atoms with van der Waals surface area (Å²) in [5.74, 6) is -0.356. The number of halogens is 1. The molecule has 0 saturated heterocycles. The molecule has 1 aromatic heterocycles. The van der Waals surface area contributed by atoms with E-state index in [4.69, 9.17) is 17.3 Å². The Hall–Kier alpha value is -1.13. The maximum Gasteiger partial charge on any atom is 0.307 e. The topological polar surface area (TPSA) is 65.2 Å². The zero-order chi connectivity index (χ0) is 10.6. The standard InChI is InChI=1S/C9H11ClN2O2/c1-14-9(13)4-8(11)6-2-3-12-5-7(6)10/h2-3,5,8H,4,11H2,1H3/t8-/m1/s1. The molecule has 0 bridgehead atoms. The fourth-order valence-corrected chi connectivity index (χ4v) is 1.32. The first-order valence-corrected chi connectivity index (χ1v) is 4.44. The van der Waals surface area contributed by atoms with E-state index in [1.165, 1.54) is 13.3 Å². The van der Waals surface area contributed by atoms with Gasteiger partial charge in [0.15, 0.2) is 0 Å². The molecule has 0 aromatic carbocycles. The molecule has 0 unspecified atom stereocenters. The highest BCUT2D eigenvalue weighted by Gasteiger charge is 2.14.